The van der Waals surface area contributed by atoms with Crippen molar-refractivity contribution in [1.29, 1.82) is 0 Å². The highest BCUT2D eigenvalue weighted by Crippen LogP contribution is 2.35. The van der Waals surface area contributed by atoms with Gasteiger partial charge in [-0.15, -0.1) is 0 Å². The number of aromatic nitrogens is 4. The van der Waals surface area contributed by atoms with Gasteiger partial charge in [-0.05, 0) is 46.8 Å². The quantitative estimate of drug-likeness (QED) is 0.398. The number of fused-ring (bicyclic) bond motifs is 2. The van der Waals surface area contributed by atoms with Crippen LogP contribution in [-0.2, 0) is 4.74 Å². The molecule has 0 saturated carbocycles. The van der Waals surface area contributed by atoms with Crippen molar-refractivity contribution in [3.05, 3.63) is 42.4 Å². The summed E-state index contributed by atoms with van der Waals surface area (Å²) in [5.41, 5.74) is 1.71. The van der Waals surface area contributed by atoms with Crippen molar-refractivity contribution in [2.75, 3.05) is 36.4 Å². The van der Waals surface area contributed by atoms with Crippen molar-refractivity contribution < 1.29 is 19.1 Å². The minimum absolute atomic E-state index is 0.128. The van der Waals surface area contributed by atoms with Crippen LogP contribution in [0.5, 0.6) is 5.75 Å². The second kappa shape index (κ2) is 10.1. The summed E-state index contributed by atoms with van der Waals surface area (Å²) >= 11 is 1.51. The monoisotopic (exact) mass is 537 g/mol. The molecule has 0 atom stereocenters. The van der Waals surface area contributed by atoms with Crippen LogP contribution >= 0.6 is 11.3 Å². The third kappa shape index (κ3) is 5.49. The van der Waals surface area contributed by atoms with E-state index in [-0.39, 0.29) is 18.1 Å². The number of nitrogens with zero attached hydrogens (tertiary/aromatic N) is 6. The number of thiazole rings is 1. The van der Waals surface area contributed by atoms with Gasteiger partial charge in [-0.2, -0.15) is 5.10 Å². The summed E-state index contributed by atoms with van der Waals surface area (Å²) in [7, 11) is 0. The number of carbonyl (C=O) groups is 2. The molecule has 0 unspecified atom stereocenters. The largest absolute Gasteiger partial charge is 0.490 e. The molecule has 2 amide bonds. The fraction of sp³-hybridized carbons (Fsp3) is 0.423. The van der Waals surface area contributed by atoms with E-state index in [9.17, 15) is 9.59 Å². The highest BCUT2D eigenvalue weighted by atomic mass is 32.1. The van der Waals surface area contributed by atoms with Crippen LogP contribution in [-0.4, -0.2) is 74.4 Å². The van der Waals surface area contributed by atoms with Crippen LogP contribution in [0.2, 0.25) is 0 Å². The molecule has 3 aromatic heterocycles. The number of amides is 2. The van der Waals surface area contributed by atoms with E-state index >= 15 is 0 Å². The summed E-state index contributed by atoms with van der Waals surface area (Å²) in [6.07, 6.45) is 4.57. The Balaban J connectivity index is 1.37. The van der Waals surface area contributed by atoms with E-state index in [0.29, 0.717) is 48.8 Å². The molecule has 38 heavy (non-hydrogen) atoms. The van der Waals surface area contributed by atoms with E-state index in [1.165, 1.54) is 11.3 Å². The van der Waals surface area contributed by atoms with Crippen LogP contribution in [0.4, 0.5) is 15.6 Å². The second-order valence-electron chi connectivity index (χ2n) is 10.3. The first-order valence-electron chi connectivity index (χ1n) is 12.5. The zero-order valence-corrected chi connectivity index (χ0v) is 22.9. The third-order valence-electron chi connectivity index (χ3n) is 5.82. The summed E-state index contributed by atoms with van der Waals surface area (Å²) < 4.78 is 14.0. The zero-order chi connectivity index (χ0) is 27.0. The maximum absolute atomic E-state index is 13.4. The van der Waals surface area contributed by atoms with Crippen LogP contribution < -0.4 is 15.0 Å². The molecule has 1 aromatic carbocycles. The molecule has 4 aromatic rings. The van der Waals surface area contributed by atoms with Gasteiger partial charge in [0.15, 0.2) is 10.8 Å². The van der Waals surface area contributed by atoms with Crippen LogP contribution in [0.3, 0.4) is 0 Å². The molecule has 12 heteroatoms. The zero-order valence-electron chi connectivity index (χ0n) is 22.1. The predicted octanol–water partition coefficient (Wildman–Crippen LogP) is 4.44. The van der Waals surface area contributed by atoms with Crippen LogP contribution in [0.15, 0.2) is 36.8 Å². The number of hydrogen-bond acceptors (Lipinski definition) is 9. The summed E-state index contributed by atoms with van der Waals surface area (Å²) in [6, 6.07) is 5.40. The number of nitrogens with one attached hydrogen (secondary N) is 1. The molecule has 1 aliphatic heterocycles. The smallest absolute Gasteiger partial charge is 0.410 e. The van der Waals surface area contributed by atoms with Crippen molar-refractivity contribution in [2.45, 2.75) is 46.3 Å². The highest BCUT2D eigenvalue weighted by molar-refractivity contribution is 7.22. The Bertz CT molecular complexity index is 1480. The Morgan fingerprint density at radius 3 is 2.61 bits per heavy atom. The molecular weight excluding hydrogens is 506 g/mol. The van der Waals surface area contributed by atoms with Crippen molar-refractivity contribution in [2.24, 2.45) is 0 Å². The first kappa shape index (κ1) is 25.7. The second-order valence-corrected chi connectivity index (χ2v) is 11.3. The Morgan fingerprint density at radius 2 is 1.89 bits per heavy atom. The van der Waals surface area contributed by atoms with E-state index in [2.05, 4.69) is 20.3 Å². The number of hydrogen-bond donors (Lipinski definition) is 1. The lowest BCUT2D eigenvalue weighted by atomic mass is 10.1. The number of piperazine rings is 1. The molecule has 200 valence electrons. The molecule has 5 rings (SSSR count). The normalized spacial score (nSPS) is 14.4. The van der Waals surface area contributed by atoms with Crippen molar-refractivity contribution >= 4 is 50.0 Å². The Hall–Kier alpha value is -3.93. The van der Waals surface area contributed by atoms with Gasteiger partial charge in [0.2, 0.25) is 0 Å². The van der Waals surface area contributed by atoms with Crippen molar-refractivity contribution in [1.82, 2.24) is 24.5 Å². The highest BCUT2D eigenvalue weighted by Gasteiger charge is 2.27. The molecule has 1 saturated heterocycles. The number of ether oxygens (including phenoxy) is 2. The van der Waals surface area contributed by atoms with Gasteiger partial charge in [-0.3, -0.25) is 4.79 Å². The van der Waals surface area contributed by atoms with Crippen LogP contribution in [0.25, 0.3) is 15.9 Å². The number of benzene rings is 1. The minimum Gasteiger partial charge on any atom is -0.490 e. The Labute approximate surface area is 224 Å². The topological polar surface area (TPSA) is 114 Å². The SMILES string of the molecule is CC(C)Oc1cc2nc(N3CCN(C(=O)OC(C)(C)C)CC3)sc2cc1C(=O)Nc1cnn2cccnc12. The lowest BCUT2D eigenvalue weighted by molar-refractivity contribution is 0.0240. The lowest BCUT2D eigenvalue weighted by Gasteiger charge is -2.35. The van der Waals surface area contributed by atoms with Crippen molar-refractivity contribution in [3.63, 3.8) is 0 Å². The van der Waals surface area contributed by atoms with E-state index in [1.54, 1.807) is 34.1 Å². The van der Waals surface area contributed by atoms with E-state index in [0.717, 1.165) is 15.3 Å². The summed E-state index contributed by atoms with van der Waals surface area (Å²) in [5.74, 6) is 0.144. The summed E-state index contributed by atoms with van der Waals surface area (Å²) in [5, 5.41) is 7.99. The van der Waals surface area contributed by atoms with Gasteiger partial charge in [0.05, 0.1) is 28.1 Å². The molecule has 0 aliphatic carbocycles. The molecule has 1 aliphatic rings. The molecule has 1 fully saturated rings. The number of carbonyl (C=O) groups excluding carboxylic acids is 2. The van der Waals surface area contributed by atoms with E-state index in [1.807, 2.05) is 46.8 Å². The van der Waals surface area contributed by atoms with Gasteiger partial charge in [0, 0.05) is 44.6 Å². The average molecular weight is 538 g/mol. The maximum atomic E-state index is 13.4. The number of anilines is 2. The fourth-order valence-corrected chi connectivity index (χ4v) is 5.16. The minimum atomic E-state index is -0.525. The molecule has 0 bridgehead atoms. The first-order chi connectivity index (χ1) is 18.1. The summed E-state index contributed by atoms with van der Waals surface area (Å²) in [6.45, 7) is 11.8. The van der Waals surface area contributed by atoms with Gasteiger partial charge >= 0.3 is 6.09 Å². The maximum Gasteiger partial charge on any atom is 0.410 e. The van der Waals surface area contributed by atoms with Gasteiger partial charge < -0.3 is 24.6 Å². The molecule has 1 N–H and O–H groups in total. The van der Waals surface area contributed by atoms with E-state index in [4.69, 9.17) is 14.5 Å². The predicted molar refractivity (Wildman–Crippen MR) is 146 cm³/mol. The van der Waals surface area contributed by atoms with Gasteiger partial charge in [-0.1, -0.05) is 11.3 Å². The molecule has 0 spiro atoms. The standard InChI is InChI=1S/C26H31N7O4S/c1-16(2)36-20-14-18-21(13-17(20)23(34)29-19-15-28-33-8-6-7-27-22(19)33)38-24(30-18)31-9-11-32(12-10-31)25(35)37-26(3,4)5/h6-8,13-16H,9-12H2,1-5H3,(H,29,34). The van der Waals surface area contributed by atoms with Gasteiger partial charge in [0.25, 0.3) is 5.91 Å². The Morgan fingerprint density at radius 1 is 1.13 bits per heavy atom. The van der Waals surface area contributed by atoms with Crippen LogP contribution in [0, 0.1) is 0 Å². The van der Waals surface area contributed by atoms with Gasteiger partial charge in [0.1, 0.15) is 17.0 Å². The molecular formula is C26H31N7O4S. The molecule has 11 nitrogen and oxygen atoms in total. The fourth-order valence-electron chi connectivity index (χ4n) is 4.12. The Kier molecular flexibility index (Phi) is 6.82. The van der Waals surface area contributed by atoms with E-state index < -0.39 is 5.60 Å². The average Bonchev–Trinajstić information content (AvgIpc) is 3.46. The van der Waals surface area contributed by atoms with Crippen LogP contribution in [0.1, 0.15) is 45.0 Å². The summed E-state index contributed by atoms with van der Waals surface area (Å²) in [4.78, 5) is 38.8. The van der Waals surface area contributed by atoms with Gasteiger partial charge in [-0.25, -0.2) is 19.3 Å². The van der Waals surface area contributed by atoms with Crippen molar-refractivity contribution in [3.8, 4) is 5.75 Å². The molecule has 4 heterocycles. The number of rotatable bonds is 5. The first-order valence-corrected chi connectivity index (χ1v) is 13.3. The molecule has 0 radical (unpaired) electrons. The lowest BCUT2D eigenvalue weighted by Crippen LogP contribution is -2.50. The third-order valence-corrected chi connectivity index (χ3v) is 6.89.